The van der Waals surface area contributed by atoms with E-state index in [0.29, 0.717) is 28.2 Å². The normalized spacial score (nSPS) is 15.7. The van der Waals surface area contributed by atoms with E-state index in [-0.39, 0.29) is 6.79 Å². The Bertz CT molecular complexity index is 794. The lowest BCUT2D eigenvalue weighted by atomic mass is 10.1. The van der Waals surface area contributed by atoms with Crippen LogP contribution in [0.2, 0.25) is 0 Å². The highest BCUT2D eigenvalue weighted by Gasteiger charge is 2.35. The first-order chi connectivity index (χ1) is 10.7. The average molecular weight is 294 g/mol. The van der Waals surface area contributed by atoms with Crippen molar-refractivity contribution in [3.63, 3.8) is 0 Å². The number of nitrogens with zero attached hydrogens (tertiary/aromatic N) is 2. The first-order valence-corrected chi connectivity index (χ1v) is 6.65. The lowest BCUT2D eigenvalue weighted by molar-refractivity contribution is 0.0660. The van der Waals surface area contributed by atoms with Gasteiger partial charge in [0.25, 0.3) is 11.8 Å². The lowest BCUT2D eigenvalue weighted by Gasteiger charge is -2.05. The van der Waals surface area contributed by atoms with Crippen molar-refractivity contribution in [2.75, 3.05) is 6.79 Å². The van der Waals surface area contributed by atoms with E-state index < -0.39 is 11.8 Å². The Hall–Kier alpha value is -3.15. The third kappa shape index (κ3) is 1.85. The van der Waals surface area contributed by atoms with Crippen molar-refractivity contribution in [3.8, 4) is 11.5 Å². The van der Waals surface area contributed by atoms with Gasteiger partial charge in [0.2, 0.25) is 6.79 Å². The van der Waals surface area contributed by atoms with Gasteiger partial charge in [0.15, 0.2) is 11.5 Å². The fourth-order valence-corrected chi connectivity index (χ4v) is 2.40. The molecule has 0 saturated carbocycles. The molecule has 2 aromatic carbocycles. The summed E-state index contributed by atoms with van der Waals surface area (Å²) in [4.78, 5) is 24.3. The third-order valence-corrected chi connectivity index (χ3v) is 3.49. The van der Waals surface area contributed by atoms with Crippen LogP contribution >= 0.6 is 0 Å². The summed E-state index contributed by atoms with van der Waals surface area (Å²) in [5.41, 5.74) is 1.45. The summed E-state index contributed by atoms with van der Waals surface area (Å²) in [6.07, 6.45) is 1.45. The quantitative estimate of drug-likeness (QED) is 0.628. The molecule has 0 atom stereocenters. The largest absolute Gasteiger partial charge is 0.454 e. The van der Waals surface area contributed by atoms with Crippen LogP contribution in [0.3, 0.4) is 0 Å². The highest BCUT2D eigenvalue weighted by Crippen LogP contribution is 2.32. The van der Waals surface area contributed by atoms with Crippen LogP contribution in [-0.4, -0.2) is 29.8 Å². The second kappa shape index (κ2) is 4.70. The minimum atomic E-state index is -0.419. The molecule has 2 aliphatic rings. The van der Waals surface area contributed by atoms with Crippen LogP contribution in [0.1, 0.15) is 26.3 Å². The zero-order chi connectivity index (χ0) is 15.1. The zero-order valence-corrected chi connectivity index (χ0v) is 11.4. The molecule has 0 fully saturated rings. The smallest absolute Gasteiger partial charge is 0.282 e. The number of rotatable bonds is 2. The van der Waals surface area contributed by atoms with Crippen LogP contribution in [0.5, 0.6) is 11.5 Å². The van der Waals surface area contributed by atoms with E-state index in [9.17, 15) is 9.59 Å². The van der Waals surface area contributed by atoms with E-state index in [1.54, 1.807) is 42.5 Å². The van der Waals surface area contributed by atoms with Gasteiger partial charge < -0.3 is 9.47 Å². The number of benzene rings is 2. The molecule has 0 radical (unpaired) electrons. The first kappa shape index (κ1) is 12.6. The van der Waals surface area contributed by atoms with E-state index in [1.165, 1.54) is 6.21 Å². The molecule has 6 nitrogen and oxygen atoms in total. The van der Waals surface area contributed by atoms with Gasteiger partial charge in [-0.25, -0.2) is 0 Å². The third-order valence-electron chi connectivity index (χ3n) is 3.49. The van der Waals surface area contributed by atoms with Gasteiger partial charge >= 0.3 is 0 Å². The molecular formula is C16H10N2O4. The summed E-state index contributed by atoms with van der Waals surface area (Å²) in [5.74, 6) is 0.444. The monoisotopic (exact) mass is 294 g/mol. The summed E-state index contributed by atoms with van der Waals surface area (Å²) >= 11 is 0. The van der Waals surface area contributed by atoms with Gasteiger partial charge in [0, 0.05) is 0 Å². The van der Waals surface area contributed by atoms with Crippen molar-refractivity contribution in [2.24, 2.45) is 5.10 Å². The Morgan fingerprint density at radius 1 is 0.955 bits per heavy atom. The fraction of sp³-hybridized carbons (Fsp3) is 0.0625. The molecule has 2 aliphatic heterocycles. The van der Waals surface area contributed by atoms with Crippen LogP contribution in [-0.2, 0) is 0 Å². The molecule has 22 heavy (non-hydrogen) atoms. The molecule has 108 valence electrons. The molecule has 0 saturated heterocycles. The fourth-order valence-electron chi connectivity index (χ4n) is 2.40. The molecule has 2 heterocycles. The van der Waals surface area contributed by atoms with Gasteiger partial charge in [0.05, 0.1) is 17.3 Å². The maximum absolute atomic E-state index is 12.2. The Kier molecular flexibility index (Phi) is 2.69. The topological polar surface area (TPSA) is 68.2 Å². The molecule has 0 unspecified atom stereocenters. The van der Waals surface area contributed by atoms with Gasteiger partial charge in [-0.15, -0.1) is 0 Å². The number of carbonyl (C=O) groups is 2. The van der Waals surface area contributed by atoms with Crippen molar-refractivity contribution in [1.82, 2.24) is 5.01 Å². The van der Waals surface area contributed by atoms with E-state index in [1.807, 2.05) is 0 Å². The maximum Gasteiger partial charge on any atom is 0.282 e. The summed E-state index contributed by atoms with van der Waals surface area (Å²) in [5, 5.41) is 4.88. The number of carbonyl (C=O) groups excluding carboxylic acids is 2. The summed E-state index contributed by atoms with van der Waals surface area (Å²) in [7, 11) is 0. The molecule has 0 bridgehead atoms. The Morgan fingerprint density at radius 3 is 2.36 bits per heavy atom. The second-order valence-corrected chi connectivity index (χ2v) is 4.82. The molecule has 0 spiro atoms. The van der Waals surface area contributed by atoms with Crippen molar-refractivity contribution in [3.05, 3.63) is 59.2 Å². The number of ether oxygens (including phenoxy) is 2. The van der Waals surface area contributed by atoms with Crippen LogP contribution in [0.15, 0.2) is 47.6 Å². The molecule has 6 heteroatoms. The maximum atomic E-state index is 12.2. The average Bonchev–Trinajstić information content (AvgIpc) is 3.10. The lowest BCUT2D eigenvalue weighted by Crippen LogP contribution is -2.23. The van der Waals surface area contributed by atoms with Crippen LogP contribution in [0.25, 0.3) is 0 Å². The molecule has 0 N–H and O–H groups in total. The van der Waals surface area contributed by atoms with Crippen molar-refractivity contribution in [1.29, 1.82) is 0 Å². The summed E-state index contributed by atoms with van der Waals surface area (Å²) in [6, 6.07) is 11.9. The number of fused-ring (bicyclic) bond motifs is 2. The number of hydrogen-bond acceptors (Lipinski definition) is 5. The predicted molar refractivity (Wildman–Crippen MR) is 77.1 cm³/mol. The van der Waals surface area contributed by atoms with Gasteiger partial charge in [-0.3, -0.25) is 9.59 Å². The van der Waals surface area contributed by atoms with E-state index in [0.717, 1.165) is 5.01 Å². The molecule has 0 aliphatic carbocycles. The summed E-state index contributed by atoms with van der Waals surface area (Å²) in [6.45, 7) is 0.189. The number of hydrazone groups is 1. The number of amides is 2. The highest BCUT2D eigenvalue weighted by atomic mass is 16.7. The van der Waals surface area contributed by atoms with Gasteiger partial charge in [-0.2, -0.15) is 10.1 Å². The molecule has 2 amide bonds. The minimum Gasteiger partial charge on any atom is -0.454 e. The van der Waals surface area contributed by atoms with Gasteiger partial charge in [-0.05, 0) is 35.9 Å². The summed E-state index contributed by atoms with van der Waals surface area (Å²) < 4.78 is 10.5. The predicted octanol–water partition coefficient (Wildman–Crippen LogP) is 2.05. The second-order valence-electron chi connectivity index (χ2n) is 4.82. The van der Waals surface area contributed by atoms with Crippen molar-refractivity contribution in [2.45, 2.75) is 0 Å². The Balaban J connectivity index is 1.62. The van der Waals surface area contributed by atoms with Crippen molar-refractivity contribution < 1.29 is 19.1 Å². The SMILES string of the molecule is O=C1c2ccccc2C(=O)N1N=Cc1ccc2c(c1)OCO2. The number of imide groups is 1. The molecule has 2 aromatic rings. The number of hydrogen-bond donors (Lipinski definition) is 0. The Labute approximate surface area is 125 Å². The first-order valence-electron chi connectivity index (χ1n) is 6.65. The molecule has 4 rings (SSSR count). The van der Waals surface area contributed by atoms with Crippen LogP contribution in [0.4, 0.5) is 0 Å². The molecule has 0 aromatic heterocycles. The Morgan fingerprint density at radius 2 is 1.64 bits per heavy atom. The van der Waals surface area contributed by atoms with Gasteiger partial charge in [0.1, 0.15) is 0 Å². The van der Waals surface area contributed by atoms with E-state index in [2.05, 4.69) is 5.10 Å². The molecular weight excluding hydrogens is 284 g/mol. The standard InChI is InChI=1S/C16H10N2O4/c19-15-11-3-1-2-4-12(11)16(20)18(15)17-8-10-5-6-13-14(7-10)22-9-21-13/h1-8H,9H2. The van der Waals surface area contributed by atoms with Crippen LogP contribution < -0.4 is 9.47 Å². The van der Waals surface area contributed by atoms with E-state index >= 15 is 0 Å². The minimum absolute atomic E-state index is 0.189. The van der Waals surface area contributed by atoms with E-state index in [4.69, 9.17) is 9.47 Å². The zero-order valence-electron chi connectivity index (χ0n) is 11.4. The van der Waals surface area contributed by atoms with Gasteiger partial charge in [-0.1, -0.05) is 12.1 Å². The van der Waals surface area contributed by atoms with Crippen LogP contribution in [0, 0.1) is 0 Å². The highest BCUT2D eigenvalue weighted by molar-refractivity contribution is 6.21. The van der Waals surface area contributed by atoms with Crippen molar-refractivity contribution >= 4 is 18.0 Å².